The van der Waals surface area contributed by atoms with Gasteiger partial charge in [0.15, 0.2) is 5.41 Å². The molecular formula is C8H17NO3SSi. The highest BCUT2D eigenvalue weighted by Crippen LogP contribution is 2.07. The van der Waals surface area contributed by atoms with Crippen molar-refractivity contribution >= 4 is 30.9 Å². The minimum absolute atomic E-state index is 0.429. The summed E-state index contributed by atoms with van der Waals surface area (Å²) >= 11 is 1.58. The molecule has 0 aromatic carbocycles. The molecule has 0 heterocycles. The molecule has 0 aromatic rings. The molecule has 6 heteroatoms. The molecule has 14 heavy (non-hydrogen) atoms. The van der Waals surface area contributed by atoms with Gasteiger partial charge in [-0.1, -0.05) is 0 Å². The highest BCUT2D eigenvalue weighted by molar-refractivity contribution is 7.98. The molecule has 82 valence electrons. The van der Waals surface area contributed by atoms with Gasteiger partial charge in [0.05, 0.1) is 6.04 Å². The van der Waals surface area contributed by atoms with E-state index in [4.69, 9.17) is 5.73 Å². The van der Waals surface area contributed by atoms with Crippen molar-refractivity contribution in [1.82, 2.24) is 0 Å². The van der Waals surface area contributed by atoms with Gasteiger partial charge in [-0.3, -0.25) is 4.79 Å². The summed E-state index contributed by atoms with van der Waals surface area (Å²) in [5.41, 5.74) is 5.59. The molecule has 0 rings (SSSR count). The SMILES string of the molecule is CSCCC(N)C(=O)[Si](C)(O)C(C)=O. The minimum Gasteiger partial charge on any atom is -0.421 e. The highest BCUT2D eigenvalue weighted by atomic mass is 32.2. The Morgan fingerprint density at radius 3 is 2.43 bits per heavy atom. The van der Waals surface area contributed by atoms with E-state index in [2.05, 4.69) is 0 Å². The van der Waals surface area contributed by atoms with Crippen LogP contribution in [0.2, 0.25) is 6.55 Å². The number of rotatable bonds is 6. The predicted octanol–water partition coefficient (Wildman–Crippen LogP) is -0.129. The second kappa shape index (κ2) is 5.65. The van der Waals surface area contributed by atoms with Gasteiger partial charge < -0.3 is 15.3 Å². The summed E-state index contributed by atoms with van der Waals surface area (Å²) < 4.78 is 0. The standard InChI is InChI=1S/C8H17NO3SSi/c1-6(10)14(3,12)8(11)7(9)4-5-13-2/h7,12H,4-5,9H2,1-3H3. The number of carbonyl (C=O) groups is 2. The van der Waals surface area contributed by atoms with E-state index in [-0.39, 0.29) is 0 Å². The second-order valence-corrected chi connectivity index (χ2v) is 7.71. The minimum atomic E-state index is -3.41. The van der Waals surface area contributed by atoms with E-state index in [9.17, 15) is 14.4 Å². The molecule has 0 aliphatic heterocycles. The monoisotopic (exact) mass is 235 g/mol. The zero-order valence-electron chi connectivity index (χ0n) is 8.74. The summed E-state index contributed by atoms with van der Waals surface area (Å²) in [6.45, 7) is 2.57. The Kier molecular flexibility index (Phi) is 5.58. The van der Waals surface area contributed by atoms with E-state index in [1.54, 1.807) is 11.8 Å². The van der Waals surface area contributed by atoms with Crippen LogP contribution < -0.4 is 5.73 Å². The zero-order valence-corrected chi connectivity index (χ0v) is 10.6. The summed E-state index contributed by atoms with van der Waals surface area (Å²) in [5.74, 6) is 0.759. The largest absolute Gasteiger partial charge is 0.421 e. The van der Waals surface area contributed by atoms with Crippen molar-refractivity contribution in [3.05, 3.63) is 0 Å². The maximum atomic E-state index is 11.6. The molecule has 4 nitrogen and oxygen atoms in total. The lowest BCUT2D eigenvalue weighted by Gasteiger charge is -2.19. The van der Waals surface area contributed by atoms with E-state index in [1.807, 2.05) is 6.26 Å². The van der Waals surface area contributed by atoms with Gasteiger partial charge >= 0.3 is 8.32 Å². The normalized spacial score (nSPS) is 17.2. The maximum Gasteiger partial charge on any atom is 0.331 e. The number of hydrogen-bond acceptors (Lipinski definition) is 5. The third-order valence-electron chi connectivity index (χ3n) is 2.14. The van der Waals surface area contributed by atoms with Crippen molar-refractivity contribution < 1.29 is 14.4 Å². The van der Waals surface area contributed by atoms with E-state index >= 15 is 0 Å². The van der Waals surface area contributed by atoms with Crippen LogP contribution in [-0.2, 0) is 9.59 Å². The zero-order chi connectivity index (χ0) is 11.4. The van der Waals surface area contributed by atoms with Crippen LogP contribution in [0.15, 0.2) is 0 Å². The van der Waals surface area contributed by atoms with Crippen LogP contribution in [0.25, 0.3) is 0 Å². The van der Waals surface area contributed by atoms with Crippen LogP contribution in [0.1, 0.15) is 13.3 Å². The molecule has 0 aliphatic carbocycles. The van der Waals surface area contributed by atoms with Crippen LogP contribution in [0.5, 0.6) is 0 Å². The van der Waals surface area contributed by atoms with Crippen molar-refractivity contribution in [2.45, 2.75) is 25.9 Å². The van der Waals surface area contributed by atoms with Crippen molar-refractivity contribution in [2.24, 2.45) is 5.73 Å². The van der Waals surface area contributed by atoms with Gasteiger partial charge in [0.25, 0.3) is 0 Å². The Labute approximate surface area is 89.4 Å². The van der Waals surface area contributed by atoms with Crippen LogP contribution in [0.3, 0.4) is 0 Å². The van der Waals surface area contributed by atoms with Gasteiger partial charge in [0.2, 0.25) is 0 Å². The second-order valence-electron chi connectivity index (χ2n) is 3.38. The average molecular weight is 235 g/mol. The molecule has 2 atom stereocenters. The Morgan fingerprint density at radius 2 is 2.07 bits per heavy atom. The maximum absolute atomic E-state index is 11.6. The van der Waals surface area contributed by atoms with E-state index < -0.39 is 25.2 Å². The third-order valence-corrected chi connectivity index (χ3v) is 5.48. The molecule has 0 saturated heterocycles. The molecule has 0 radical (unpaired) electrons. The van der Waals surface area contributed by atoms with Gasteiger partial charge in [0.1, 0.15) is 5.41 Å². The Hall–Kier alpha value is -0.173. The Morgan fingerprint density at radius 1 is 1.57 bits per heavy atom. The number of nitrogens with two attached hydrogens (primary N) is 1. The topological polar surface area (TPSA) is 80.4 Å². The molecule has 0 aliphatic rings. The van der Waals surface area contributed by atoms with Crippen molar-refractivity contribution in [1.29, 1.82) is 0 Å². The smallest absolute Gasteiger partial charge is 0.331 e. The lowest BCUT2D eigenvalue weighted by molar-refractivity contribution is -0.118. The van der Waals surface area contributed by atoms with Gasteiger partial charge in [-0.2, -0.15) is 11.8 Å². The molecule has 0 fully saturated rings. The van der Waals surface area contributed by atoms with Crippen LogP contribution >= 0.6 is 11.8 Å². The highest BCUT2D eigenvalue weighted by Gasteiger charge is 2.42. The van der Waals surface area contributed by atoms with E-state index in [1.165, 1.54) is 13.5 Å². The molecule has 3 N–H and O–H groups in total. The molecular weight excluding hydrogens is 218 g/mol. The predicted molar refractivity (Wildman–Crippen MR) is 60.5 cm³/mol. The Balaban J connectivity index is 4.38. The first-order chi connectivity index (χ1) is 6.34. The van der Waals surface area contributed by atoms with Crippen LogP contribution in [0, 0.1) is 0 Å². The summed E-state index contributed by atoms with van der Waals surface area (Å²) in [6, 6.07) is -0.701. The van der Waals surface area contributed by atoms with Gasteiger partial charge in [0, 0.05) is 0 Å². The fourth-order valence-electron chi connectivity index (χ4n) is 0.910. The first kappa shape index (κ1) is 13.8. The third kappa shape index (κ3) is 3.53. The molecule has 2 unspecified atom stereocenters. The summed E-state index contributed by atoms with van der Waals surface area (Å²) in [6.07, 6.45) is 2.42. The molecule has 0 spiro atoms. The number of thioether (sulfide) groups is 1. The molecule has 0 aromatic heterocycles. The number of carbonyl (C=O) groups excluding carboxylic acids is 2. The first-order valence-electron chi connectivity index (χ1n) is 4.36. The molecule has 0 saturated carbocycles. The van der Waals surface area contributed by atoms with Crippen molar-refractivity contribution in [3.63, 3.8) is 0 Å². The fourth-order valence-corrected chi connectivity index (χ4v) is 2.61. The van der Waals surface area contributed by atoms with Gasteiger partial charge in [-0.05, 0) is 31.9 Å². The van der Waals surface area contributed by atoms with Crippen molar-refractivity contribution in [3.8, 4) is 0 Å². The molecule has 0 amide bonds. The van der Waals surface area contributed by atoms with E-state index in [0.29, 0.717) is 6.42 Å². The molecule has 0 bridgehead atoms. The van der Waals surface area contributed by atoms with Gasteiger partial charge in [-0.25, -0.2) is 0 Å². The van der Waals surface area contributed by atoms with Crippen LogP contribution in [-0.4, -0.2) is 42.0 Å². The van der Waals surface area contributed by atoms with Crippen LogP contribution in [0.4, 0.5) is 0 Å². The lowest BCUT2D eigenvalue weighted by Crippen LogP contribution is -2.56. The van der Waals surface area contributed by atoms with E-state index in [0.717, 1.165) is 5.75 Å². The fraction of sp³-hybridized carbons (Fsp3) is 0.750. The first-order valence-corrected chi connectivity index (χ1v) is 8.20. The van der Waals surface area contributed by atoms with Gasteiger partial charge in [-0.15, -0.1) is 0 Å². The Bertz CT molecular complexity index is 233. The lowest BCUT2D eigenvalue weighted by atomic mass is 10.3. The average Bonchev–Trinajstić information content (AvgIpc) is 2.12. The van der Waals surface area contributed by atoms with Crippen molar-refractivity contribution in [2.75, 3.05) is 12.0 Å². The summed E-state index contributed by atoms with van der Waals surface area (Å²) in [7, 11) is -3.41. The number of hydrogen-bond donors (Lipinski definition) is 2. The quantitative estimate of drug-likeness (QED) is 0.627. The summed E-state index contributed by atoms with van der Waals surface area (Å²) in [5, 5.41) is -0.888. The summed E-state index contributed by atoms with van der Waals surface area (Å²) in [4.78, 5) is 32.3.